The van der Waals surface area contributed by atoms with E-state index in [4.69, 9.17) is 4.74 Å². The number of anilines is 1. The van der Waals surface area contributed by atoms with Gasteiger partial charge in [-0.25, -0.2) is 4.98 Å². The van der Waals surface area contributed by atoms with Gasteiger partial charge in [0.05, 0.1) is 18.5 Å². The zero-order valence-corrected chi connectivity index (χ0v) is 10.3. The molecule has 0 aliphatic carbocycles. The van der Waals surface area contributed by atoms with Crippen LogP contribution in [0.15, 0.2) is 41.3 Å². The van der Waals surface area contributed by atoms with Gasteiger partial charge < -0.3 is 15.0 Å². The molecule has 2 heterocycles. The van der Waals surface area contributed by atoms with Gasteiger partial charge in [0.1, 0.15) is 5.69 Å². The minimum Gasteiger partial charge on any atom is -0.478 e. The number of H-pyrrole nitrogens is 1. The van der Waals surface area contributed by atoms with Gasteiger partial charge in [0.2, 0.25) is 11.4 Å². The third-order valence-electron chi connectivity index (χ3n) is 2.30. The topological polar surface area (TPSA) is 84.1 Å². The second-order valence-electron chi connectivity index (χ2n) is 3.70. The van der Waals surface area contributed by atoms with Gasteiger partial charge in [-0.05, 0) is 19.1 Å². The average molecular weight is 259 g/mol. The highest BCUT2D eigenvalue weighted by Gasteiger charge is 2.06. The maximum atomic E-state index is 11.8. The highest BCUT2D eigenvalue weighted by atomic mass is 16.5. The smallest absolute Gasteiger partial charge is 0.272 e. The molecule has 0 aliphatic heterocycles. The molecular weight excluding hydrogens is 246 g/mol. The third kappa shape index (κ3) is 3.41. The summed E-state index contributed by atoms with van der Waals surface area (Å²) in [5.41, 5.74) is 0.400. The van der Waals surface area contributed by atoms with E-state index in [9.17, 15) is 9.59 Å². The van der Waals surface area contributed by atoms with Gasteiger partial charge in [-0.3, -0.25) is 9.59 Å². The number of aromatic amines is 1. The van der Waals surface area contributed by atoms with Gasteiger partial charge in [-0.2, -0.15) is 0 Å². The molecule has 0 aromatic carbocycles. The Morgan fingerprint density at radius 2 is 2.21 bits per heavy atom. The number of ether oxygens (including phenoxy) is 1. The Bertz CT molecular complexity index is 620. The second-order valence-corrected chi connectivity index (χ2v) is 3.70. The summed E-state index contributed by atoms with van der Waals surface area (Å²) in [5.74, 6) is 0.0947. The molecular formula is C13H13N3O3. The molecule has 0 atom stereocenters. The molecule has 0 fully saturated rings. The van der Waals surface area contributed by atoms with E-state index in [2.05, 4.69) is 15.3 Å². The highest BCUT2D eigenvalue weighted by Crippen LogP contribution is 2.12. The molecule has 2 N–H and O–H groups in total. The molecule has 2 aromatic rings. The van der Waals surface area contributed by atoms with E-state index in [1.54, 1.807) is 12.1 Å². The first-order chi connectivity index (χ1) is 9.19. The Morgan fingerprint density at radius 1 is 1.37 bits per heavy atom. The number of amides is 1. The Kier molecular flexibility index (Phi) is 3.92. The maximum absolute atomic E-state index is 11.8. The molecule has 0 saturated carbocycles. The molecule has 98 valence electrons. The van der Waals surface area contributed by atoms with E-state index in [0.717, 1.165) is 0 Å². The Balaban J connectivity index is 2.08. The van der Waals surface area contributed by atoms with E-state index in [-0.39, 0.29) is 11.3 Å². The van der Waals surface area contributed by atoms with Crippen molar-refractivity contribution in [1.29, 1.82) is 0 Å². The molecule has 0 saturated heterocycles. The summed E-state index contributed by atoms with van der Waals surface area (Å²) in [5, 5.41) is 2.63. The Hall–Kier alpha value is -2.63. The summed E-state index contributed by atoms with van der Waals surface area (Å²) >= 11 is 0. The molecule has 6 nitrogen and oxygen atoms in total. The fourth-order valence-electron chi connectivity index (χ4n) is 1.47. The first kappa shape index (κ1) is 12.8. The fraction of sp³-hybridized carbons (Fsp3) is 0.154. The van der Waals surface area contributed by atoms with Crippen molar-refractivity contribution in [2.24, 2.45) is 0 Å². The van der Waals surface area contributed by atoms with Crippen LogP contribution >= 0.6 is 0 Å². The van der Waals surface area contributed by atoms with Crippen molar-refractivity contribution >= 4 is 11.6 Å². The van der Waals surface area contributed by atoms with Gasteiger partial charge in [0, 0.05) is 12.1 Å². The predicted octanol–water partition coefficient (Wildman–Crippen LogP) is 1.42. The van der Waals surface area contributed by atoms with Crippen molar-refractivity contribution in [2.75, 3.05) is 11.9 Å². The minimum atomic E-state index is -0.399. The monoisotopic (exact) mass is 259 g/mol. The van der Waals surface area contributed by atoms with Crippen LogP contribution in [0.4, 0.5) is 5.69 Å². The SMILES string of the molecule is CCOc1ccc(NC(=O)c2cccc(=O)[nH]2)cn1. The van der Waals surface area contributed by atoms with E-state index in [0.29, 0.717) is 18.2 Å². The molecule has 0 spiro atoms. The lowest BCUT2D eigenvalue weighted by Crippen LogP contribution is -2.17. The van der Waals surface area contributed by atoms with E-state index < -0.39 is 5.91 Å². The number of carbonyl (C=O) groups is 1. The van der Waals surface area contributed by atoms with Gasteiger partial charge in [-0.15, -0.1) is 0 Å². The number of hydrogen-bond acceptors (Lipinski definition) is 4. The van der Waals surface area contributed by atoms with Crippen molar-refractivity contribution in [1.82, 2.24) is 9.97 Å². The summed E-state index contributed by atoms with van der Waals surface area (Å²) in [4.78, 5) is 29.4. The fourth-order valence-corrected chi connectivity index (χ4v) is 1.47. The molecule has 0 unspecified atom stereocenters. The van der Waals surface area contributed by atoms with Gasteiger partial charge in [-0.1, -0.05) is 6.07 Å². The van der Waals surface area contributed by atoms with Crippen molar-refractivity contribution in [3.8, 4) is 5.88 Å². The summed E-state index contributed by atoms with van der Waals surface area (Å²) in [6.07, 6.45) is 1.49. The summed E-state index contributed by atoms with van der Waals surface area (Å²) in [6, 6.07) is 7.72. The van der Waals surface area contributed by atoms with Crippen molar-refractivity contribution in [3.05, 3.63) is 52.6 Å². The van der Waals surface area contributed by atoms with Crippen LogP contribution in [0, 0.1) is 0 Å². The molecule has 2 rings (SSSR count). The predicted molar refractivity (Wildman–Crippen MR) is 70.4 cm³/mol. The lowest BCUT2D eigenvalue weighted by molar-refractivity contribution is 0.102. The quantitative estimate of drug-likeness (QED) is 0.869. The van der Waals surface area contributed by atoms with Crippen LogP contribution in [0.5, 0.6) is 5.88 Å². The molecule has 0 radical (unpaired) electrons. The normalized spacial score (nSPS) is 9.95. The first-order valence-electron chi connectivity index (χ1n) is 5.78. The zero-order chi connectivity index (χ0) is 13.7. The van der Waals surface area contributed by atoms with Gasteiger partial charge in [0.15, 0.2) is 0 Å². The lowest BCUT2D eigenvalue weighted by atomic mass is 10.3. The minimum absolute atomic E-state index is 0.196. The van der Waals surface area contributed by atoms with Crippen molar-refractivity contribution in [3.63, 3.8) is 0 Å². The summed E-state index contributed by atoms with van der Waals surface area (Å²) < 4.78 is 5.19. The number of rotatable bonds is 4. The Labute approximate surface area is 109 Å². The maximum Gasteiger partial charge on any atom is 0.272 e. The van der Waals surface area contributed by atoms with Crippen LogP contribution in [0.1, 0.15) is 17.4 Å². The number of aromatic nitrogens is 2. The number of pyridine rings is 2. The van der Waals surface area contributed by atoms with Crippen LogP contribution in [0.2, 0.25) is 0 Å². The number of nitrogens with zero attached hydrogens (tertiary/aromatic N) is 1. The first-order valence-corrected chi connectivity index (χ1v) is 5.78. The zero-order valence-electron chi connectivity index (χ0n) is 10.3. The molecule has 6 heteroatoms. The number of hydrogen-bond donors (Lipinski definition) is 2. The van der Waals surface area contributed by atoms with Gasteiger partial charge >= 0.3 is 0 Å². The van der Waals surface area contributed by atoms with Crippen molar-refractivity contribution in [2.45, 2.75) is 6.92 Å². The Morgan fingerprint density at radius 3 is 2.84 bits per heavy atom. The number of nitrogens with one attached hydrogen (secondary N) is 2. The third-order valence-corrected chi connectivity index (χ3v) is 2.30. The van der Waals surface area contributed by atoms with E-state index >= 15 is 0 Å². The highest BCUT2D eigenvalue weighted by molar-refractivity contribution is 6.02. The molecule has 0 aliphatic rings. The molecule has 0 bridgehead atoms. The van der Waals surface area contributed by atoms with Crippen LogP contribution in [0.3, 0.4) is 0 Å². The van der Waals surface area contributed by atoms with Gasteiger partial charge in [0.25, 0.3) is 5.91 Å². The summed E-state index contributed by atoms with van der Waals surface area (Å²) in [7, 11) is 0. The van der Waals surface area contributed by atoms with Crippen LogP contribution in [-0.2, 0) is 0 Å². The standard InChI is InChI=1S/C13H13N3O3/c1-2-19-12-7-6-9(8-14-12)15-13(18)10-4-3-5-11(17)16-10/h3-8H,2H2,1H3,(H,15,18)(H,16,17). The largest absolute Gasteiger partial charge is 0.478 e. The lowest BCUT2D eigenvalue weighted by Gasteiger charge is -2.06. The van der Waals surface area contributed by atoms with E-state index in [1.807, 2.05) is 6.92 Å². The second kappa shape index (κ2) is 5.81. The summed E-state index contributed by atoms with van der Waals surface area (Å²) in [6.45, 7) is 2.40. The number of carbonyl (C=O) groups excluding carboxylic acids is 1. The molecule has 2 aromatic heterocycles. The molecule has 19 heavy (non-hydrogen) atoms. The average Bonchev–Trinajstić information content (AvgIpc) is 2.41. The van der Waals surface area contributed by atoms with Crippen LogP contribution < -0.4 is 15.6 Å². The van der Waals surface area contributed by atoms with Crippen LogP contribution in [-0.4, -0.2) is 22.5 Å². The van der Waals surface area contributed by atoms with Crippen LogP contribution in [0.25, 0.3) is 0 Å². The van der Waals surface area contributed by atoms with E-state index in [1.165, 1.54) is 24.4 Å². The van der Waals surface area contributed by atoms with Crippen molar-refractivity contribution < 1.29 is 9.53 Å². The molecule has 1 amide bonds.